The number of rotatable bonds is 4. The first-order chi connectivity index (χ1) is 12.0. The van der Waals surface area contributed by atoms with Crippen LogP contribution >= 0.6 is 11.6 Å². The molecule has 0 bridgehead atoms. The molecule has 5 heteroatoms. The number of anilines is 1. The topological polar surface area (TPSA) is 38.1 Å². The average molecular weight is 354 g/mol. The van der Waals surface area contributed by atoms with Crippen LogP contribution in [0.2, 0.25) is 5.02 Å². The monoisotopic (exact) mass is 353 g/mol. The van der Waals surface area contributed by atoms with E-state index in [9.17, 15) is 4.79 Å². The minimum Gasteiger partial charge on any atom is -0.304 e. The summed E-state index contributed by atoms with van der Waals surface area (Å²) in [5, 5.41) is 4.91. The second-order valence-corrected chi connectivity index (χ2v) is 6.39. The molecule has 0 fully saturated rings. The molecule has 3 aromatic rings. The standard InChI is InChI=1S/C20H20ClN3O/c1-14-18(15(2)23(3)22-14)13-24(16-9-5-4-6-10-16)20(25)17-11-7-8-12-19(17)21/h4-12H,13H2,1-3H3. The first-order valence-electron chi connectivity index (χ1n) is 8.09. The lowest BCUT2D eigenvalue weighted by atomic mass is 10.1. The fourth-order valence-corrected chi connectivity index (χ4v) is 3.09. The van der Waals surface area contributed by atoms with Crippen molar-refractivity contribution in [2.24, 2.45) is 7.05 Å². The highest BCUT2D eigenvalue weighted by Crippen LogP contribution is 2.25. The Morgan fingerprint density at radius 2 is 1.72 bits per heavy atom. The molecule has 0 saturated heterocycles. The molecule has 0 atom stereocenters. The van der Waals surface area contributed by atoms with E-state index in [1.165, 1.54) is 0 Å². The number of nitrogens with zero attached hydrogens (tertiary/aromatic N) is 3. The van der Waals surface area contributed by atoms with Crippen molar-refractivity contribution in [3.63, 3.8) is 0 Å². The number of aryl methyl sites for hydroxylation is 2. The molecule has 4 nitrogen and oxygen atoms in total. The van der Waals surface area contributed by atoms with Crippen LogP contribution in [0.4, 0.5) is 5.69 Å². The van der Waals surface area contributed by atoms with Gasteiger partial charge in [0.05, 0.1) is 22.8 Å². The Bertz CT molecular complexity index is 903. The Labute approximate surface area is 152 Å². The highest BCUT2D eigenvalue weighted by Gasteiger charge is 2.22. The van der Waals surface area contributed by atoms with Crippen molar-refractivity contribution in [1.82, 2.24) is 9.78 Å². The van der Waals surface area contributed by atoms with Crippen molar-refractivity contribution >= 4 is 23.2 Å². The van der Waals surface area contributed by atoms with Gasteiger partial charge in [-0.15, -0.1) is 0 Å². The molecule has 1 heterocycles. The number of carbonyl (C=O) groups excluding carboxylic acids is 1. The van der Waals surface area contributed by atoms with Gasteiger partial charge in [0.25, 0.3) is 5.91 Å². The second-order valence-electron chi connectivity index (χ2n) is 5.98. The van der Waals surface area contributed by atoms with Crippen LogP contribution < -0.4 is 4.90 Å². The maximum atomic E-state index is 13.2. The third-order valence-electron chi connectivity index (χ3n) is 4.39. The first-order valence-corrected chi connectivity index (χ1v) is 8.47. The smallest absolute Gasteiger partial charge is 0.260 e. The summed E-state index contributed by atoms with van der Waals surface area (Å²) in [6.07, 6.45) is 0. The second kappa shape index (κ2) is 7.11. The molecule has 1 aromatic heterocycles. The molecule has 0 saturated carbocycles. The van der Waals surface area contributed by atoms with Crippen LogP contribution in [-0.2, 0) is 13.6 Å². The Morgan fingerprint density at radius 3 is 2.32 bits per heavy atom. The van der Waals surface area contributed by atoms with Gasteiger partial charge in [-0.1, -0.05) is 41.9 Å². The van der Waals surface area contributed by atoms with Crippen LogP contribution in [-0.4, -0.2) is 15.7 Å². The molecule has 0 spiro atoms. The molecule has 1 amide bonds. The fraction of sp³-hybridized carbons (Fsp3) is 0.200. The van der Waals surface area contributed by atoms with Gasteiger partial charge in [0.15, 0.2) is 0 Å². The molecule has 0 radical (unpaired) electrons. The number of amides is 1. The molecule has 0 unspecified atom stereocenters. The van der Waals surface area contributed by atoms with Gasteiger partial charge in [0.1, 0.15) is 0 Å². The predicted molar refractivity (Wildman–Crippen MR) is 101 cm³/mol. The van der Waals surface area contributed by atoms with Crippen LogP contribution in [0.15, 0.2) is 54.6 Å². The molecular weight excluding hydrogens is 334 g/mol. The molecule has 0 N–H and O–H groups in total. The van der Waals surface area contributed by atoms with E-state index < -0.39 is 0 Å². The van der Waals surface area contributed by atoms with Gasteiger partial charge in [-0.25, -0.2) is 0 Å². The van der Waals surface area contributed by atoms with Crippen molar-refractivity contribution < 1.29 is 4.79 Å². The summed E-state index contributed by atoms with van der Waals surface area (Å²) in [4.78, 5) is 15.0. The van der Waals surface area contributed by atoms with Gasteiger partial charge in [-0.3, -0.25) is 9.48 Å². The van der Waals surface area contributed by atoms with Gasteiger partial charge in [-0.2, -0.15) is 5.10 Å². The molecule has 3 rings (SSSR count). The Hall–Kier alpha value is -2.59. The van der Waals surface area contributed by atoms with Crippen LogP contribution in [0.1, 0.15) is 27.3 Å². The lowest BCUT2D eigenvalue weighted by molar-refractivity contribution is 0.0985. The zero-order valence-electron chi connectivity index (χ0n) is 14.5. The largest absolute Gasteiger partial charge is 0.304 e. The van der Waals surface area contributed by atoms with Crippen molar-refractivity contribution in [2.45, 2.75) is 20.4 Å². The van der Waals surface area contributed by atoms with Crippen molar-refractivity contribution in [3.8, 4) is 0 Å². The van der Waals surface area contributed by atoms with Gasteiger partial charge < -0.3 is 4.90 Å². The van der Waals surface area contributed by atoms with E-state index in [1.807, 2.05) is 68.0 Å². The summed E-state index contributed by atoms with van der Waals surface area (Å²) >= 11 is 6.26. The summed E-state index contributed by atoms with van der Waals surface area (Å²) in [6.45, 7) is 4.42. The highest BCUT2D eigenvalue weighted by molar-refractivity contribution is 6.34. The average Bonchev–Trinajstić information content (AvgIpc) is 2.86. The predicted octanol–water partition coefficient (Wildman–Crippen LogP) is 4.54. The molecule has 0 aliphatic carbocycles. The minimum atomic E-state index is -0.126. The number of hydrogen-bond donors (Lipinski definition) is 0. The van der Waals surface area contributed by atoms with Crippen LogP contribution in [0.5, 0.6) is 0 Å². The number of halogens is 1. The lowest BCUT2D eigenvalue weighted by Crippen LogP contribution is -2.31. The van der Waals surface area contributed by atoms with Crippen molar-refractivity contribution in [3.05, 3.63) is 82.1 Å². The zero-order chi connectivity index (χ0) is 18.0. The Balaban J connectivity index is 2.05. The summed E-state index contributed by atoms with van der Waals surface area (Å²) in [7, 11) is 1.91. The van der Waals surface area contributed by atoms with E-state index in [0.29, 0.717) is 17.1 Å². The number of para-hydroxylation sites is 1. The fourth-order valence-electron chi connectivity index (χ4n) is 2.87. The normalized spacial score (nSPS) is 10.7. The number of aromatic nitrogens is 2. The Kier molecular flexibility index (Phi) is 4.91. The SMILES string of the molecule is Cc1nn(C)c(C)c1CN(C(=O)c1ccccc1Cl)c1ccccc1. The van der Waals surface area contributed by atoms with Gasteiger partial charge in [0, 0.05) is 24.0 Å². The molecular formula is C20H20ClN3O. The van der Waals surface area contributed by atoms with E-state index in [4.69, 9.17) is 11.6 Å². The van der Waals surface area contributed by atoms with E-state index >= 15 is 0 Å². The summed E-state index contributed by atoms with van der Waals surface area (Å²) in [6, 6.07) is 16.8. The highest BCUT2D eigenvalue weighted by atomic mass is 35.5. The minimum absolute atomic E-state index is 0.126. The third kappa shape index (κ3) is 3.44. The molecule has 0 aliphatic rings. The van der Waals surface area contributed by atoms with E-state index in [2.05, 4.69) is 5.10 Å². The maximum absolute atomic E-state index is 13.2. The van der Waals surface area contributed by atoms with Gasteiger partial charge >= 0.3 is 0 Å². The number of benzene rings is 2. The number of carbonyl (C=O) groups is 1. The summed E-state index contributed by atoms with van der Waals surface area (Å²) in [5.41, 5.74) is 4.34. The van der Waals surface area contributed by atoms with Gasteiger partial charge in [0.2, 0.25) is 0 Å². The summed E-state index contributed by atoms with van der Waals surface area (Å²) < 4.78 is 1.84. The van der Waals surface area contributed by atoms with Gasteiger partial charge in [-0.05, 0) is 38.1 Å². The molecule has 25 heavy (non-hydrogen) atoms. The Morgan fingerprint density at radius 1 is 1.08 bits per heavy atom. The lowest BCUT2D eigenvalue weighted by Gasteiger charge is -2.24. The summed E-state index contributed by atoms with van der Waals surface area (Å²) in [5.74, 6) is -0.126. The van der Waals surface area contributed by atoms with Crippen LogP contribution in [0.25, 0.3) is 0 Å². The first kappa shape index (κ1) is 17.2. The van der Waals surface area contributed by atoms with E-state index in [0.717, 1.165) is 22.6 Å². The van der Waals surface area contributed by atoms with E-state index in [1.54, 1.807) is 17.0 Å². The van der Waals surface area contributed by atoms with Crippen molar-refractivity contribution in [2.75, 3.05) is 4.90 Å². The van der Waals surface area contributed by atoms with Crippen LogP contribution in [0, 0.1) is 13.8 Å². The van der Waals surface area contributed by atoms with E-state index in [-0.39, 0.29) is 5.91 Å². The molecule has 0 aliphatic heterocycles. The molecule has 2 aromatic carbocycles. The zero-order valence-corrected chi connectivity index (χ0v) is 15.3. The molecule has 128 valence electrons. The number of hydrogen-bond acceptors (Lipinski definition) is 2. The van der Waals surface area contributed by atoms with Crippen molar-refractivity contribution in [1.29, 1.82) is 0 Å². The maximum Gasteiger partial charge on any atom is 0.260 e. The quantitative estimate of drug-likeness (QED) is 0.690. The van der Waals surface area contributed by atoms with Crippen LogP contribution in [0.3, 0.4) is 0 Å². The third-order valence-corrected chi connectivity index (χ3v) is 4.72.